The summed E-state index contributed by atoms with van der Waals surface area (Å²) in [5.41, 5.74) is 4.04. The highest BCUT2D eigenvalue weighted by Crippen LogP contribution is 2.20. The van der Waals surface area contributed by atoms with E-state index in [-0.39, 0.29) is 0 Å². The second-order valence-corrected chi connectivity index (χ2v) is 7.32. The Hall–Kier alpha value is -3.61. The van der Waals surface area contributed by atoms with E-state index in [0.29, 0.717) is 6.54 Å². The molecule has 31 heavy (non-hydrogen) atoms. The van der Waals surface area contributed by atoms with Crippen LogP contribution >= 0.6 is 0 Å². The van der Waals surface area contributed by atoms with Crippen LogP contribution in [0.2, 0.25) is 0 Å². The number of fused-ring (bicyclic) bond motifs is 1. The molecule has 2 aromatic carbocycles. The second-order valence-electron chi connectivity index (χ2n) is 7.32. The van der Waals surface area contributed by atoms with Crippen LogP contribution < -0.4 is 10.6 Å². The Labute approximate surface area is 182 Å². The highest BCUT2D eigenvalue weighted by Gasteiger charge is 2.08. The highest BCUT2D eigenvalue weighted by atomic mass is 16.5. The van der Waals surface area contributed by atoms with Crippen molar-refractivity contribution in [3.63, 3.8) is 0 Å². The van der Waals surface area contributed by atoms with E-state index in [1.807, 2.05) is 42.5 Å². The van der Waals surface area contributed by atoms with Crippen molar-refractivity contribution in [1.82, 2.24) is 25.3 Å². The van der Waals surface area contributed by atoms with Gasteiger partial charge < -0.3 is 19.7 Å². The third-order valence-electron chi connectivity index (χ3n) is 5.06. The molecule has 0 amide bonds. The minimum atomic E-state index is 0.455. The smallest absolute Gasteiger partial charge is 0.191 e. The van der Waals surface area contributed by atoms with Crippen LogP contribution in [0.1, 0.15) is 24.9 Å². The Bertz CT molecular complexity index is 1150. The molecule has 0 saturated carbocycles. The van der Waals surface area contributed by atoms with Crippen molar-refractivity contribution in [2.24, 2.45) is 4.99 Å². The molecule has 0 aliphatic carbocycles. The van der Waals surface area contributed by atoms with Gasteiger partial charge in [-0.1, -0.05) is 47.6 Å². The summed E-state index contributed by atoms with van der Waals surface area (Å²) in [6.45, 7) is 7.08. The van der Waals surface area contributed by atoms with Gasteiger partial charge in [0.15, 0.2) is 11.7 Å². The summed E-state index contributed by atoms with van der Waals surface area (Å²) in [4.78, 5) is 9.28. The number of rotatable bonds is 8. The summed E-state index contributed by atoms with van der Waals surface area (Å²) in [5.74, 6) is 2.58. The van der Waals surface area contributed by atoms with Gasteiger partial charge >= 0.3 is 0 Å². The summed E-state index contributed by atoms with van der Waals surface area (Å²) >= 11 is 0. The van der Waals surface area contributed by atoms with Crippen molar-refractivity contribution in [2.75, 3.05) is 13.1 Å². The lowest BCUT2D eigenvalue weighted by Crippen LogP contribution is -2.38. The van der Waals surface area contributed by atoms with E-state index in [4.69, 9.17) is 4.52 Å². The zero-order chi connectivity index (χ0) is 21.5. The van der Waals surface area contributed by atoms with Crippen LogP contribution in [0.3, 0.4) is 0 Å². The van der Waals surface area contributed by atoms with Gasteiger partial charge in [0, 0.05) is 31.3 Å². The van der Waals surface area contributed by atoms with Crippen LogP contribution in [0.15, 0.2) is 70.2 Å². The summed E-state index contributed by atoms with van der Waals surface area (Å²) in [5, 5.41) is 10.8. The zero-order valence-corrected chi connectivity index (χ0v) is 18.0. The van der Waals surface area contributed by atoms with E-state index in [1.165, 1.54) is 5.52 Å². The molecule has 0 aliphatic heterocycles. The first-order chi connectivity index (χ1) is 15.2. The molecule has 2 heterocycles. The molecule has 0 spiro atoms. The molecule has 0 aliphatic rings. The Kier molecular flexibility index (Phi) is 6.62. The van der Waals surface area contributed by atoms with Crippen molar-refractivity contribution < 1.29 is 4.52 Å². The lowest BCUT2D eigenvalue weighted by Gasteiger charge is -2.12. The standard InChI is InChI=1S/C24H28N6O/c1-3-25-24(27-17-20-16-23(31-29-20)19-10-5-4-6-11-19)26-14-9-15-30-18(2)28-21-12-7-8-13-22(21)30/h4-8,10-13,16H,3,9,14-15,17H2,1-2H3,(H2,25,26,27). The Morgan fingerprint density at radius 2 is 1.87 bits per heavy atom. The zero-order valence-electron chi connectivity index (χ0n) is 18.0. The number of nitrogens with zero attached hydrogens (tertiary/aromatic N) is 4. The summed E-state index contributed by atoms with van der Waals surface area (Å²) in [6, 6.07) is 20.2. The second kappa shape index (κ2) is 9.93. The Morgan fingerprint density at radius 1 is 1.06 bits per heavy atom. The number of aromatic nitrogens is 3. The summed E-state index contributed by atoms with van der Waals surface area (Å²) in [6.07, 6.45) is 0.966. The average molecular weight is 417 g/mol. The average Bonchev–Trinajstić information content (AvgIpc) is 3.39. The molecule has 4 aromatic rings. The fraction of sp³-hybridized carbons (Fsp3) is 0.292. The van der Waals surface area contributed by atoms with E-state index >= 15 is 0 Å². The van der Waals surface area contributed by atoms with Gasteiger partial charge in [-0.3, -0.25) is 0 Å². The molecule has 2 N–H and O–H groups in total. The van der Waals surface area contributed by atoms with E-state index in [0.717, 1.165) is 60.4 Å². The molecule has 0 unspecified atom stereocenters. The van der Waals surface area contributed by atoms with Crippen molar-refractivity contribution in [2.45, 2.75) is 33.4 Å². The highest BCUT2D eigenvalue weighted by molar-refractivity contribution is 5.79. The van der Waals surface area contributed by atoms with Crippen LogP contribution in [-0.2, 0) is 13.1 Å². The molecule has 160 valence electrons. The summed E-state index contributed by atoms with van der Waals surface area (Å²) in [7, 11) is 0. The van der Waals surface area contributed by atoms with Crippen LogP contribution in [0.4, 0.5) is 0 Å². The van der Waals surface area contributed by atoms with Crippen molar-refractivity contribution in [3.05, 3.63) is 72.2 Å². The molecule has 0 fully saturated rings. The first kappa shape index (κ1) is 20.7. The van der Waals surface area contributed by atoms with Crippen LogP contribution in [0, 0.1) is 6.92 Å². The molecule has 0 atom stereocenters. The Morgan fingerprint density at radius 3 is 2.71 bits per heavy atom. The molecular formula is C24H28N6O. The van der Waals surface area contributed by atoms with Crippen molar-refractivity contribution >= 4 is 17.0 Å². The van der Waals surface area contributed by atoms with Gasteiger partial charge in [-0.2, -0.15) is 0 Å². The molecular weight excluding hydrogens is 388 g/mol. The molecule has 2 aromatic heterocycles. The topological polar surface area (TPSA) is 80.3 Å². The quantitative estimate of drug-likeness (QED) is 0.256. The van der Waals surface area contributed by atoms with Gasteiger partial charge in [-0.15, -0.1) is 0 Å². The number of benzene rings is 2. The number of hydrogen-bond donors (Lipinski definition) is 2. The monoisotopic (exact) mass is 416 g/mol. The van der Waals surface area contributed by atoms with Crippen LogP contribution in [0.25, 0.3) is 22.4 Å². The van der Waals surface area contributed by atoms with Gasteiger partial charge in [0.25, 0.3) is 0 Å². The lowest BCUT2D eigenvalue weighted by molar-refractivity contribution is 0.424. The van der Waals surface area contributed by atoms with Gasteiger partial charge in [-0.25, -0.2) is 9.98 Å². The number of guanidine groups is 1. The number of hydrogen-bond acceptors (Lipinski definition) is 4. The minimum Gasteiger partial charge on any atom is -0.357 e. The third-order valence-corrected chi connectivity index (χ3v) is 5.06. The largest absolute Gasteiger partial charge is 0.357 e. The molecule has 0 radical (unpaired) electrons. The number of imidazole rings is 1. The van der Waals surface area contributed by atoms with Gasteiger partial charge in [0.2, 0.25) is 0 Å². The number of nitrogens with one attached hydrogen (secondary N) is 2. The minimum absolute atomic E-state index is 0.455. The fourth-order valence-corrected chi connectivity index (χ4v) is 3.55. The van der Waals surface area contributed by atoms with Crippen LogP contribution in [0.5, 0.6) is 0 Å². The number of aliphatic imine (C=N–C) groups is 1. The van der Waals surface area contributed by atoms with E-state index in [1.54, 1.807) is 0 Å². The van der Waals surface area contributed by atoms with Gasteiger partial charge in [0.05, 0.1) is 17.6 Å². The summed E-state index contributed by atoms with van der Waals surface area (Å²) < 4.78 is 7.73. The van der Waals surface area contributed by atoms with Crippen molar-refractivity contribution in [3.8, 4) is 11.3 Å². The molecule has 0 bridgehead atoms. The van der Waals surface area contributed by atoms with E-state index in [9.17, 15) is 0 Å². The van der Waals surface area contributed by atoms with Crippen LogP contribution in [-0.4, -0.2) is 33.8 Å². The Balaban J connectivity index is 1.32. The number of aryl methyl sites for hydroxylation is 2. The maximum atomic E-state index is 5.46. The van der Waals surface area contributed by atoms with Crippen molar-refractivity contribution in [1.29, 1.82) is 0 Å². The van der Waals surface area contributed by atoms with E-state index < -0.39 is 0 Å². The normalized spacial score (nSPS) is 11.7. The van der Waals surface area contributed by atoms with E-state index in [2.05, 4.69) is 62.4 Å². The molecule has 7 heteroatoms. The predicted molar refractivity (Wildman–Crippen MR) is 124 cm³/mol. The number of para-hydroxylation sites is 2. The predicted octanol–water partition coefficient (Wildman–Crippen LogP) is 4.15. The molecule has 7 nitrogen and oxygen atoms in total. The maximum absolute atomic E-state index is 5.46. The third kappa shape index (κ3) is 5.12. The first-order valence-corrected chi connectivity index (χ1v) is 10.7. The van der Waals surface area contributed by atoms with Gasteiger partial charge in [-0.05, 0) is 32.4 Å². The fourth-order valence-electron chi connectivity index (χ4n) is 3.55. The molecule has 4 rings (SSSR count). The first-order valence-electron chi connectivity index (χ1n) is 10.7. The van der Waals surface area contributed by atoms with Gasteiger partial charge in [0.1, 0.15) is 11.5 Å². The SMILES string of the molecule is CCNC(=NCc1cc(-c2ccccc2)on1)NCCCn1c(C)nc2ccccc21. The lowest BCUT2D eigenvalue weighted by atomic mass is 10.2. The maximum Gasteiger partial charge on any atom is 0.191 e. The molecule has 0 saturated heterocycles.